The van der Waals surface area contributed by atoms with Gasteiger partial charge in [-0.3, -0.25) is 4.79 Å². The van der Waals surface area contributed by atoms with Crippen LogP contribution in [-0.4, -0.2) is 26.6 Å². The molecule has 0 aliphatic carbocycles. The molecule has 6 heteroatoms. The molecule has 0 aromatic heterocycles. The van der Waals surface area contributed by atoms with Crippen LogP contribution < -0.4 is 15.4 Å². The van der Waals surface area contributed by atoms with Crippen LogP contribution in [0.5, 0.6) is 5.75 Å². The second kappa shape index (κ2) is 7.86. The molecule has 1 aromatic rings. The third kappa shape index (κ3) is 5.01. The average Bonchev–Trinajstić information content (AvgIpc) is 2.26. The van der Waals surface area contributed by atoms with Crippen LogP contribution in [0.4, 0.5) is 10.1 Å². The summed E-state index contributed by atoms with van der Waals surface area (Å²) in [5, 5.41) is 5.45. The molecule has 0 spiro atoms. The number of methoxy groups -OCH3 is 1. The zero-order chi connectivity index (χ0) is 12.0. The minimum atomic E-state index is -0.492. The Labute approximate surface area is 106 Å². The van der Waals surface area contributed by atoms with E-state index in [9.17, 15) is 9.18 Å². The molecule has 96 valence electrons. The predicted molar refractivity (Wildman–Crippen MR) is 67.4 cm³/mol. The van der Waals surface area contributed by atoms with Crippen LogP contribution in [0.3, 0.4) is 0 Å². The van der Waals surface area contributed by atoms with Crippen molar-refractivity contribution in [2.75, 3.05) is 26.0 Å². The van der Waals surface area contributed by atoms with Gasteiger partial charge in [-0.25, -0.2) is 4.39 Å². The number of ether oxygens (including phenoxy) is 1. The van der Waals surface area contributed by atoms with Gasteiger partial charge in [0.2, 0.25) is 5.91 Å². The maximum absolute atomic E-state index is 13.3. The molecule has 0 atom stereocenters. The first kappa shape index (κ1) is 15.7. The maximum Gasteiger partial charge on any atom is 0.225 e. The Bertz CT molecular complexity index is 374. The lowest BCUT2D eigenvalue weighted by atomic mass is 10.2. The first-order valence-corrected chi connectivity index (χ1v) is 4.95. The Morgan fingerprint density at radius 1 is 1.47 bits per heavy atom. The van der Waals surface area contributed by atoms with Crippen molar-refractivity contribution in [2.45, 2.75) is 6.42 Å². The summed E-state index contributed by atoms with van der Waals surface area (Å²) in [4.78, 5) is 11.3. The molecule has 1 rings (SSSR count). The standard InChI is InChI=1S/C11H15FN2O2.ClH/c1-13-6-5-11(15)14-8-3-4-10(16-2)9(12)7-8;/h3-4,7,13H,5-6H2,1-2H3,(H,14,15);1H. The molecule has 0 saturated heterocycles. The van der Waals surface area contributed by atoms with Crippen molar-refractivity contribution in [2.24, 2.45) is 0 Å². The molecule has 1 amide bonds. The number of amides is 1. The molecular weight excluding hydrogens is 247 g/mol. The van der Waals surface area contributed by atoms with E-state index in [1.807, 2.05) is 0 Å². The molecule has 0 heterocycles. The second-order valence-corrected chi connectivity index (χ2v) is 3.25. The molecule has 0 aliphatic heterocycles. The van der Waals surface area contributed by atoms with E-state index in [-0.39, 0.29) is 24.1 Å². The number of benzene rings is 1. The monoisotopic (exact) mass is 262 g/mol. The largest absolute Gasteiger partial charge is 0.494 e. The Morgan fingerprint density at radius 3 is 2.71 bits per heavy atom. The number of hydrogen-bond donors (Lipinski definition) is 2. The van der Waals surface area contributed by atoms with Gasteiger partial charge in [0, 0.05) is 24.7 Å². The highest BCUT2D eigenvalue weighted by Gasteiger charge is 2.05. The highest BCUT2D eigenvalue weighted by atomic mass is 35.5. The van der Waals surface area contributed by atoms with Crippen LogP contribution in [0, 0.1) is 5.82 Å². The molecule has 1 aromatic carbocycles. The number of carbonyl (C=O) groups excluding carboxylic acids is 1. The van der Waals surface area contributed by atoms with Gasteiger partial charge < -0.3 is 15.4 Å². The van der Waals surface area contributed by atoms with E-state index >= 15 is 0 Å². The summed E-state index contributed by atoms with van der Waals surface area (Å²) in [7, 11) is 3.16. The zero-order valence-corrected chi connectivity index (χ0v) is 10.6. The summed E-state index contributed by atoms with van der Waals surface area (Å²) < 4.78 is 18.0. The number of anilines is 1. The van der Waals surface area contributed by atoms with Gasteiger partial charge in [-0.2, -0.15) is 0 Å². The van der Waals surface area contributed by atoms with E-state index in [2.05, 4.69) is 10.6 Å². The van der Waals surface area contributed by atoms with Crippen LogP contribution in [0.25, 0.3) is 0 Å². The van der Waals surface area contributed by atoms with Gasteiger partial charge in [-0.15, -0.1) is 12.4 Å². The lowest BCUT2D eigenvalue weighted by Gasteiger charge is -2.07. The van der Waals surface area contributed by atoms with Crippen LogP contribution in [0.1, 0.15) is 6.42 Å². The fraction of sp³-hybridized carbons (Fsp3) is 0.364. The molecule has 0 radical (unpaired) electrons. The molecule has 0 saturated carbocycles. The quantitative estimate of drug-likeness (QED) is 0.851. The number of nitrogens with one attached hydrogen (secondary N) is 2. The Balaban J connectivity index is 0.00000256. The second-order valence-electron chi connectivity index (χ2n) is 3.25. The summed E-state index contributed by atoms with van der Waals surface area (Å²) in [5.41, 5.74) is 0.430. The molecule has 0 aliphatic rings. The van der Waals surface area contributed by atoms with Gasteiger partial charge >= 0.3 is 0 Å². The lowest BCUT2D eigenvalue weighted by Crippen LogP contribution is -2.18. The first-order valence-electron chi connectivity index (χ1n) is 4.95. The van der Waals surface area contributed by atoms with E-state index in [0.717, 1.165) is 0 Å². The van der Waals surface area contributed by atoms with Crippen LogP contribution in [0.15, 0.2) is 18.2 Å². The molecular formula is C11H16ClFN2O2. The molecule has 4 nitrogen and oxygen atoms in total. The topological polar surface area (TPSA) is 50.4 Å². The van der Waals surface area contributed by atoms with Gasteiger partial charge in [0.25, 0.3) is 0 Å². The zero-order valence-electron chi connectivity index (χ0n) is 9.75. The van der Waals surface area contributed by atoms with Crippen molar-refractivity contribution in [1.82, 2.24) is 5.32 Å². The maximum atomic E-state index is 13.3. The predicted octanol–water partition coefficient (Wildman–Crippen LogP) is 1.80. The summed E-state index contributed by atoms with van der Waals surface area (Å²) in [5.74, 6) is -0.485. The lowest BCUT2D eigenvalue weighted by molar-refractivity contribution is -0.116. The van der Waals surface area contributed by atoms with E-state index < -0.39 is 5.82 Å². The SMILES string of the molecule is CNCCC(=O)Nc1ccc(OC)c(F)c1.Cl. The van der Waals surface area contributed by atoms with Gasteiger partial charge in [-0.1, -0.05) is 0 Å². The summed E-state index contributed by atoms with van der Waals surface area (Å²) in [6.45, 7) is 0.588. The molecule has 17 heavy (non-hydrogen) atoms. The minimum absolute atomic E-state index is 0. The van der Waals surface area contributed by atoms with Crippen LogP contribution >= 0.6 is 12.4 Å². The van der Waals surface area contributed by atoms with E-state index in [0.29, 0.717) is 18.7 Å². The third-order valence-electron chi connectivity index (χ3n) is 2.04. The van der Waals surface area contributed by atoms with Crippen molar-refractivity contribution in [1.29, 1.82) is 0 Å². The van der Waals surface area contributed by atoms with Crippen molar-refractivity contribution in [3.8, 4) is 5.75 Å². The molecule has 0 bridgehead atoms. The Hall–Kier alpha value is -1.33. The van der Waals surface area contributed by atoms with E-state index in [1.165, 1.54) is 19.2 Å². The van der Waals surface area contributed by atoms with Crippen molar-refractivity contribution >= 4 is 24.0 Å². The number of hydrogen-bond acceptors (Lipinski definition) is 3. The van der Waals surface area contributed by atoms with E-state index in [1.54, 1.807) is 13.1 Å². The molecule has 2 N–H and O–H groups in total. The van der Waals surface area contributed by atoms with Gasteiger partial charge in [0.15, 0.2) is 11.6 Å². The Morgan fingerprint density at radius 2 is 2.18 bits per heavy atom. The highest BCUT2D eigenvalue weighted by Crippen LogP contribution is 2.20. The number of carbonyl (C=O) groups is 1. The first-order chi connectivity index (χ1) is 7.67. The molecule has 0 fully saturated rings. The number of rotatable bonds is 5. The van der Waals surface area contributed by atoms with Crippen molar-refractivity contribution in [3.63, 3.8) is 0 Å². The van der Waals surface area contributed by atoms with Gasteiger partial charge in [-0.05, 0) is 19.2 Å². The van der Waals surface area contributed by atoms with Crippen LogP contribution in [0.2, 0.25) is 0 Å². The summed E-state index contributed by atoms with van der Waals surface area (Å²) in [6, 6.07) is 4.30. The summed E-state index contributed by atoms with van der Waals surface area (Å²) >= 11 is 0. The third-order valence-corrected chi connectivity index (χ3v) is 2.04. The highest BCUT2D eigenvalue weighted by molar-refractivity contribution is 5.90. The van der Waals surface area contributed by atoms with Gasteiger partial charge in [0.05, 0.1) is 7.11 Å². The molecule has 0 unspecified atom stereocenters. The van der Waals surface area contributed by atoms with Crippen molar-refractivity contribution in [3.05, 3.63) is 24.0 Å². The van der Waals surface area contributed by atoms with Gasteiger partial charge in [0.1, 0.15) is 0 Å². The van der Waals surface area contributed by atoms with Crippen LogP contribution in [-0.2, 0) is 4.79 Å². The minimum Gasteiger partial charge on any atom is -0.494 e. The normalized spacial score (nSPS) is 9.35. The average molecular weight is 263 g/mol. The summed E-state index contributed by atoms with van der Waals surface area (Å²) in [6.07, 6.45) is 0.351. The van der Waals surface area contributed by atoms with E-state index in [4.69, 9.17) is 4.74 Å². The smallest absolute Gasteiger partial charge is 0.225 e. The van der Waals surface area contributed by atoms with Crippen molar-refractivity contribution < 1.29 is 13.9 Å². The fourth-order valence-electron chi connectivity index (χ4n) is 1.21. The number of halogens is 2. The fourth-order valence-corrected chi connectivity index (χ4v) is 1.21. The Kier molecular flexibility index (Phi) is 7.25.